The first kappa shape index (κ1) is 14.7. The lowest BCUT2D eigenvalue weighted by Crippen LogP contribution is -1.87. The van der Waals surface area contributed by atoms with Crippen LogP contribution in [0.3, 0.4) is 0 Å². The molecule has 4 nitrogen and oxygen atoms in total. The summed E-state index contributed by atoms with van der Waals surface area (Å²) in [6.07, 6.45) is 0.742. The van der Waals surface area contributed by atoms with Crippen molar-refractivity contribution in [1.29, 1.82) is 0 Å². The third-order valence-corrected chi connectivity index (χ3v) is 2.75. The van der Waals surface area contributed by atoms with Gasteiger partial charge in [-0.3, -0.25) is 0 Å². The zero-order valence-corrected chi connectivity index (χ0v) is 11.0. The first-order valence-corrected chi connectivity index (χ1v) is 5.94. The molecular weight excluding hydrogens is 244 g/mol. The summed E-state index contributed by atoms with van der Waals surface area (Å²) < 4.78 is 0. The van der Waals surface area contributed by atoms with Crippen LogP contribution in [0.25, 0.3) is 0 Å². The Morgan fingerprint density at radius 3 is 1.53 bits per heavy atom. The van der Waals surface area contributed by atoms with Crippen molar-refractivity contribution in [2.45, 2.75) is 20.3 Å². The molecule has 102 valence electrons. The molecule has 4 heteroatoms. The lowest BCUT2D eigenvalue weighted by atomic mass is 10.0. The average molecular weight is 262 g/mol. The predicted molar refractivity (Wildman–Crippen MR) is 73.7 cm³/mol. The molecule has 0 amide bonds. The van der Waals surface area contributed by atoms with Crippen molar-refractivity contribution in [3.63, 3.8) is 0 Å². The Labute approximate surface area is 112 Å². The molecule has 0 unspecified atom stereocenters. The summed E-state index contributed by atoms with van der Waals surface area (Å²) >= 11 is 0. The van der Waals surface area contributed by atoms with Crippen molar-refractivity contribution in [3.8, 4) is 23.0 Å². The smallest absolute Gasteiger partial charge is 0.119 e. The minimum atomic E-state index is 0.169. The van der Waals surface area contributed by atoms with Crippen LogP contribution in [0.15, 0.2) is 36.4 Å². The van der Waals surface area contributed by atoms with Crippen LogP contribution < -0.4 is 0 Å². The monoisotopic (exact) mass is 262 g/mol. The second kappa shape index (κ2) is 6.54. The standard InChI is InChI=1S/C9H12O2.C6H6O2/c1-3-7-6(2)8(10)4-5-9(7)11;7-5-1-2-6(8)4-3-5/h4-5,10-11H,3H2,1-2H3;1-4,7-8H. The van der Waals surface area contributed by atoms with E-state index in [1.807, 2.05) is 6.92 Å². The molecule has 0 aliphatic rings. The van der Waals surface area contributed by atoms with Gasteiger partial charge in [0.25, 0.3) is 0 Å². The van der Waals surface area contributed by atoms with E-state index in [2.05, 4.69) is 0 Å². The number of rotatable bonds is 1. The third kappa shape index (κ3) is 4.10. The van der Waals surface area contributed by atoms with Crippen molar-refractivity contribution in [2.75, 3.05) is 0 Å². The third-order valence-electron chi connectivity index (χ3n) is 2.75. The van der Waals surface area contributed by atoms with Crippen molar-refractivity contribution in [3.05, 3.63) is 47.5 Å². The summed E-state index contributed by atoms with van der Waals surface area (Å²) in [5.41, 5.74) is 1.59. The zero-order valence-electron chi connectivity index (χ0n) is 11.0. The molecule has 0 saturated carbocycles. The topological polar surface area (TPSA) is 80.9 Å². The quantitative estimate of drug-likeness (QED) is 0.595. The number of aromatic hydroxyl groups is 4. The molecule has 2 rings (SSSR count). The summed E-state index contributed by atoms with van der Waals surface area (Å²) in [6, 6.07) is 8.72. The van der Waals surface area contributed by atoms with Gasteiger partial charge in [0.05, 0.1) is 0 Å². The summed E-state index contributed by atoms with van der Waals surface area (Å²) in [4.78, 5) is 0. The maximum Gasteiger partial charge on any atom is 0.119 e. The minimum absolute atomic E-state index is 0.169. The average Bonchev–Trinajstić information content (AvgIpc) is 2.39. The van der Waals surface area contributed by atoms with E-state index in [-0.39, 0.29) is 23.0 Å². The van der Waals surface area contributed by atoms with E-state index >= 15 is 0 Å². The number of hydrogen-bond donors (Lipinski definition) is 4. The van der Waals surface area contributed by atoms with Crippen LogP contribution in [-0.4, -0.2) is 20.4 Å². The van der Waals surface area contributed by atoms with Gasteiger partial charge in [-0.2, -0.15) is 0 Å². The van der Waals surface area contributed by atoms with Gasteiger partial charge in [0.2, 0.25) is 0 Å². The van der Waals surface area contributed by atoms with Gasteiger partial charge in [0.1, 0.15) is 23.0 Å². The highest BCUT2D eigenvalue weighted by Gasteiger charge is 2.05. The van der Waals surface area contributed by atoms with Crippen LogP contribution in [0.4, 0.5) is 0 Å². The van der Waals surface area contributed by atoms with Crippen LogP contribution >= 0.6 is 0 Å². The van der Waals surface area contributed by atoms with E-state index in [9.17, 15) is 10.2 Å². The van der Waals surface area contributed by atoms with E-state index in [1.165, 1.54) is 36.4 Å². The highest BCUT2D eigenvalue weighted by Crippen LogP contribution is 2.27. The van der Waals surface area contributed by atoms with Gasteiger partial charge in [-0.05, 0) is 55.3 Å². The van der Waals surface area contributed by atoms with E-state index < -0.39 is 0 Å². The normalized spacial score (nSPS) is 9.58. The van der Waals surface area contributed by atoms with Crippen LogP contribution in [0.5, 0.6) is 23.0 Å². The SMILES string of the molecule is CCc1c(O)ccc(O)c1C.Oc1ccc(O)cc1. The van der Waals surface area contributed by atoms with Gasteiger partial charge in [0.15, 0.2) is 0 Å². The van der Waals surface area contributed by atoms with Crippen LogP contribution in [0.2, 0.25) is 0 Å². The summed E-state index contributed by atoms with van der Waals surface area (Å²) in [5, 5.41) is 35.8. The van der Waals surface area contributed by atoms with Crippen LogP contribution in [0, 0.1) is 6.92 Å². The van der Waals surface area contributed by atoms with Crippen molar-refractivity contribution in [1.82, 2.24) is 0 Å². The second-order valence-corrected chi connectivity index (χ2v) is 4.08. The fraction of sp³-hybridized carbons (Fsp3) is 0.200. The maximum atomic E-state index is 9.30. The van der Waals surface area contributed by atoms with Crippen molar-refractivity contribution in [2.24, 2.45) is 0 Å². The van der Waals surface area contributed by atoms with Gasteiger partial charge < -0.3 is 20.4 Å². The molecule has 0 radical (unpaired) electrons. The summed E-state index contributed by atoms with van der Waals surface area (Å²) in [7, 11) is 0. The fourth-order valence-electron chi connectivity index (χ4n) is 1.63. The molecular formula is C15H18O4. The highest BCUT2D eigenvalue weighted by atomic mass is 16.3. The van der Waals surface area contributed by atoms with Gasteiger partial charge in [-0.25, -0.2) is 0 Å². The number of phenols is 4. The van der Waals surface area contributed by atoms with Crippen molar-refractivity contribution >= 4 is 0 Å². The Hall–Kier alpha value is -2.36. The second-order valence-electron chi connectivity index (χ2n) is 4.08. The molecule has 0 aliphatic carbocycles. The Kier molecular flexibility index (Phi) is 5.06. The molecule has 0 spiro atoms. The van der Waals surface area contributed by atoms with Crippen LogP contribution in [0.1, 0.15) is 18.1 Å². The molecule has 0 aromatic heterocycles. The van der Waals surface area contributed by atoms with Gasteiger partial charge in [-0.1, -0.05) is 6.92 Å². The molecule has 0 bridgehead atoms. The Morgan fingerprint density at radius 2 is 1.16 bits per heavy atom. The Bertz CT molecular complexity index is 512. The first-order chi connectivity index (χ1) is 8.95. The van der Waals surface area contributed by atoms with Gasteiger partial charge >= 0.3 is 0 Å². The molecule has 2 aromatic rings. The highest BCUT2D eigenvalue weighted by molar-refractivity contribution is 5.46. The lowest BCUT2D eigenvalue weighted by Gasteiger charge is -2.06. The van der Waals surface area contributed by atoms with E-state index in [1.54, 1.807) is 6.92 Å². The first-order valence-electron chi connectivity index (χ1n) is 5.94. The molecule has 0 saturated heterocycles. The molecule has 0 aliphatic heterocycles. The van der Waals surface area contributed by atoms with E-state index in [4.69, 9.17) is 10.2 Å². The largest absolute Gasteiger partial charge is 0.508 e. The molecule has 4 N–H and O–H groups in total. The summed E-state index contributed by atoms with van der Waals surface area (Å²) in [6.45, 7) is 3.75. The molecule has 0 heterocycles. The molecule has 0 atom stereocenters. The van der Waals surface area contributed by atoms with E-state index in [0.29, 0.717) is 0 Å². The Morgan fingerprint density at radius 1 is 0.737 bits per heavy atom. The van der Waals surface area contributed by atoms with Gasteiger partial charge in [-0.15, -0.1) is 0 Å². The number of phenolic OH excluding ortho intramolecular Hbond substituents is 4. The van der Waals surface area contributed by atoms with Gasteiger partial charge in [0, 0.05) is 5.56 Å². The number of hydrogen-bond acceptors (Lipinski definition) is 4. The van der Waals surface area contributed by atoms with Crippen molar-refractivity contribution < 1.29 is 20.4 Å². The maximum absolute atomic E-state index is 9.30. The molecule has 2 aromatic carbocycles. The Balaban J connectivity index is 0.000000200. The zero-order chi connectivity index (χ0) is 14.4. The predicted octanol–water partition coefficient (Wildman–Crippen LogP) is 3.07. The van der Waals surface area contributed by atoms with E-state index in [0.717, 1.165) is 17.5 Å². The molecule has 0 fully saturated rings. The fourth-order valence-corrected chi connectivity index (χ4v) is 1.63. The number of benzene rings is 2. The molecule has 19 heavy (non-hydrogen) atoms. The van der Waals surface area contributed by atoms with Crippen LogP contribution in [-0.2, 0) is 6.42 Å². The minimum Gasteiger partial charge on any atom is -0.508 e. The lowest BCUT2D eigenvalue weighted by molar-refractivity contribution is 0.451. The summed E-state index contributed by atoms with van der Waals surface area (Å²) in [5.74, 6) is 0.855.